The molecule has 0 N–H and O–H groups in total. The summed E-state index contributed by atoms with van der Waals surface area (Å²) in [7, 11) is 1.64. The van der Waals surface area contributed by atoms with Crippen LogP contribution in [0.5, 0.6) is 0 Å². The molecule has 0 fully saturated rings. The maximum atomic E-state index is 14.2. The molecule has 12 heteroatoms. The van der Waals surface area contributed by atoms with Crippen LogP contribution < -0.4 is 5.56 Å². The first-order chi connectivity index (χ1) is 24.7. The molecule has 0 spiro atoms. The fraction of sp³-hybridized carbons (Fsp3) is 0.333. The fourth-order valence-electron chi connectivity index (χ4n) is 5.63. The first kappa shape index (κ1) is 38.0. The van der Waals surface area contributed by atoms with E-state index < -0.39 is 0 Å². The molecule has 268 valence electrons. The molecule has 3 aromatic carbocycles. The molecular formula is C39H44ClFN6O3S. The highest BCUT2D eigenvalue weighted by Crippen LogP contribution is 2.24. The van der Waals surface area contributed by atoms with Crippen LogP contribution in [0.3, 0.4) is 0 Å². The van der Waals surface area contributed by atoms with Crippen LogP contribution in [0.25, 0.3) is 11.1 Å². The number of carbonyl (C=O) groups is 1. The molecule has 0 saturated carbocycles. The number of nitrogens with zero attached hydrogens (tertiary/aromatic N) is 6. The molecule has 0 aliphatic rings. The summed E-state index contributed by atoms with van der Waals surface area (Å²) in [6.45, 7) is 8.82. The number of ether oxygens (including phenoxy) is 1. The summed E-state index contributed by atoms with van der Waals surface area (Å²) in [5.41, 5.74) is 4.99. The number of amides is 1. The SMILES string of the molecule is CCN(CC)CCN(Cc1ccc(-c2ccc(Cl)cc2)cc1)C(=O)Cn1cc(Cc2cnn(CCOC)c2)c(=O)nc1SCc1ccc(F)cc1. The van der Waals surface area contributed by atoms with Crippen LogP contribution in [0.2, 0.25) is 5.02 Å². The van der Waals surface area contributed by atoms with Gasteiger partial charge in [-0.15, -0.1) is 0 Å². The molecule has 1 amide bonds. The van der Waals surface area contributed by atoms with E-state index in [2.05, 4.69) is 53.1 Å². The van der Waals surface area contributed by atoms with Crippen LogP contribution in [0.4, 0.5) is 4.39 Å². The number of carbonyl (C=O) groups excluding carboxylic acids is 1. The third-order valence-corrected chi connectivity index (χ3v) is 9.97. The first-order valence-electron chi connectivity index (χ1n) is 17.1. The number of aromatic nitrogens is 4. The highest BCUT2D eigenvalue weighted by atomic mass is 35.5. The quantitative estimate of drug-likeness (QED) is 0.0725. The summed E-state index contributed by atoms with van der Waals surface area (Å²) in [5, 5.41) is 5.49. The van der Waals surface area contributed by atoms with Crippen molar-refractivity contribution in [3.8, 4) is 11.1 Å². The zero-order valence-electron chi connectivity index (χ0n) is 29.3. The van der Waals surface area contributed by atoms with Crippen molar-refractivity contribution in [3.05, 3.63) is 135 Å². The summed E-state index contributed by atoms with van der Waals surface area (Å²) in [6.07, 6.45) is 5.69. The van der Waals surface area contributed by atoms with E-state index in [4.69, 9.17) is 16.3 Å². The van der Waals surface area contributed by atoms with Gasteiger partial charge >= 0.3 is 0 Å². The number of hydrogen-bond acceptors (Lipinski definition) is 7. The van der Waals surface area contributed by atoms with Crippen molar-refractivity contribution in [2.45, 2.75) is 50.8 Å². The van der Waals surface area contributed by atoms with Crippen molar-refractivity contribution >= 4 is 29.3 Å². The lowest BCUT2D eigenvalue weighted by atomic mass is 10.0. The standard InChI is InChI=1S/C39H44ClFN6O3S/c1-4-44(5-2)18-19-45(24-29-6-10-32(11-7-29)33-12-14-35(40)15-13-33)37(48)27-46-26-34(22-31-23-42-47(25-31)20-21-50-3)38(49)43-39(46)51-28-30-8-16-36(41)17-9-30/h6-17,23,25-26H,4-5,18-22,24,27-28H2,1-3H3. The monoisotopic (exact) mass is 730 g/mol. The predicted molar refractivity (Wildman–Crippen MR) is 201 cm³/mol. The van der Waals surface area contributed by atoms with E-state index in [1.165, 1.54) is 23.9 Å². The van der Waals surface area contributed by atoms with Gasteiger partial charge in [-0.05, 0) is 65.2 Å². The Morgan fingerprint density at radius 1 is 0.902 bits per heavy atom. The van der Waals surface area contributed by atoms with Crippen molar-refractivity contribution in [1.29, 1.82) is 0 Å². The molecule has 0 aliphatic carbocycles. The van der Waals surface area contributed by atoms with E-state index in [0.29, 0.717) is 54.2 Å². The molecule has 2 heterocycles. The minimum absolute atomic E-state index is 0.000238. The Balaban J connectivity index is 1.40. The highest BCUT2D eigenvalue weighted by molar-refractivity contribution is 7.98. The van der Waals surface area contributed by atoms with Crippen molar-refractivity contribution in [3.63, 3.8) is 0 Å². The second-order valence-corrected chi connectivity index (χ2v) is 13.6. The molecule has 5 rings (SSSR count). The maximum absolute atomic E-state index is 14.2. The third kappa shape index (κ3) is 11.1. The molecule has 0 aliphatic heterocycles. The Bertz CT molecular complexity index is 1910. The Morgan fingerprint density at radius 2 is 1.57 bits per heavy atom. The average molecular weight is 731 g/mol. The summed E-state index contributed by atoms with van der Waals surface area (Å²) in [4.78, 5) is 36.2. The van der Waals surface area contributed by atoms with E-state index in [1.54, 1.807) is 40.9 Å². The molecule has 0 saturated heterocycles. The Morgan fingerprint density at radius 3 is 2.24 bits per heavy atom. The Kier molecular flexibility index (Phi) is 14.0. The van der Waals surface area contributed by atoms with Gasteiger partial charge in [0.15, 0.2) is 5.16 Å². The van der Waals surface area contributed by atoms with Gasteiger partial charge in [0.25, 0.3) is 5.56 Å². The van der Waals surface area contributed by atoms with Crippen LogP contribution in [-0.4, -0.2) is 74.9 Å². The fourth-order valence-corrected chi connectivity index (χ4v) is 6.67. The maximum Gasteiger partial charge on any atom is 0.277 e. The summed E-state index contributed by atoms with van der Waals surface area (Å²) in [6, 6.07) is 22.2. The van der Waals surface area contributed by atoms with Crippen molar-refractivity contribution in [2.75, 3.05) is 39.9 Å². The predicted octanol–water partition coefficient (Wildman–Crippen LogP) is 6.80. The first-order valence-corrected chi connectivity index (χ1v) is 18.4. The van der Waals surface area contributed by atoms with E-state index in [0.717, 1.165) is 47.5 Å². The molecule has 0 atom stereocenters. The lowest BCUT2D eigenvalue weighted by Crippen LogP contribution is -2.40. The Labute approximate surface area is 308 Å². The number of rotatable bonds is 18. The highest BCUT2D eigenvalue weighted by Gasteiger charge is 2.19. The molecule has 51 heavy (non-hydrogen) atoms. The van der Waals surface area contributed by atoms with Gasteiger partial charge in [0.05, 0.1) is 19.3 Å². The molecule has 0 bridgehead atoms. The number of halogens is 2. The van der Waals surface area contributed by atoms with Gasteiger partial charge in [-0.3, -0.25) is 14.3 Å². The zero-order chi connectivity index (χ0) is 36.2. The molecule has 0 unspecified atom stereocenters. The third-order valence-electron chi connectivity index (χ3n) is 8.66. The number of benzene rings is 3. The van der Waals surface area contributed by atoms with E-state index in [-0.39, 0.29) is 23.8 Å². The molecule has 0 radical (unpaired) electrons. The molecule has 2 aromatic heterocycles. The van der Waals surface area contributed by atoms with Gasteiger partial charge < -0.3 is 19.1 Å². The lowest BCUT2D eigenvalue weighted by Gasteiger charge is -2.27. The van der Waals surface area contributed by atoms with Crippen LogP contribution in [0.1, 0.15) is 36.1 Å². The van der Waals surface area contributed by atoms with E-state index >= 15 is 0 Å². The second kappa shape index (κ2) is 18.8. The molecule has 5 aromatic rings. The minimum Gasteiger partial charge on any atom is -0.383 e. The molecule has 9 nitrogen and oxygen atoms in total. The number of likely N-dealkylation sites (N-methyl/N-ethyl adjacent to an activating group) is 1. The zero-order valence-corrected chi connectivity index (χ0v) is 30.9. The molecular weight excluding hydrogens is 687 g/mol. The van der Waals surface area contributed by atoms with Gasteiger partial charge in [0, 0.05) is 61.9 Å². The average Bonchev–Trinajstić information content (AvgIpc) is 3.59. The van der Waals surface area contributed by atoms with Crippen LogP contribution in [-0.2, 0) is 41.3 Å². The lowest BCUT2D eigenvalue weighted by molar-refractivity contribution is -0.132. The summed E-state index contributed by atoms with van der Waals surface area (Å²) < 4.78 is 22.3. The summed E-state index contributed by atoms with van der Waals surface area (Å²) in [5.74, 6) is 0.0538. The van der Waals surface area contributed by atoms with Gasteiger partial charge in [-0.1, -0.05) is 85.7 Å². The number of methoxy groups -OCH3 is 1. The number of hydrogen-bond donors (Lipinski definition) is 0. The largest absolute Gasteiger partial charge is 0.383 e. The van der Waals surface area contributed by atoms with Gasteiger partial charge in [-0.2, -0.15) is 10.1 Å². The van der Waals surface area contributed by atoms with Crippen molar-refractivity contribution in [2.24, 2.45) is 0 Å². The van der Waals surface area contributed by atoms with Crippen LogP contribution in [0, 0.1) is 5.82 Å². The topological polar surface area (TPSA) is 85.5 Å². The minimum atomic E-state index is -0.357. The Hall–Kier alpha value is -4.29. The van der Waals surface area contributed by atoms with Crippen molar-refractivity contribution < 1.29 is 13.9 Å². The second-order valence-electron chi connectivity index (χ2n) is 12.2. The van der Waals surface area contributed by atoms with E-state index in [9.17, 15) is 14.0 Å². The summed E-state index contributed by atoms with van der Waals surface area (Å²) >= 11 is 7.43. The van der Waals surface area contributed by atoms with Crippen molar-refractivity contribution in [1.82, 2.24) is 29.1 Å². The van der Waals surface area contributed by atoms with Crippen LogP contribution in [0.15, 0.2) is 101 Å². The van der Waals surface area contributed by atoms with Gasteiger partial charge in [0.1, 0.15) is 12.4 Å². The van der Waals surface area contributed by atoms with Gasteiger partial charge in [-0.25, -0.2) is 4.39 Å². The number of thioether (sulfide) groups is 1. The van der Waals surface area contributed by atoms with E-state index in [1.807, 2.05) is 35.4 Å². The normalized spacial score (nSPS) is 11.3. The van der Waals surface area contributed by atoms with Gasteiger partial charge in [0.2, 0.25) is 5.91 Å². The smallest absolute Gasteiger partial charge is 0.277 e. The van der Waals surface area contributed by atoms with Crippen LogP contribution >= 0.6 is 23.4 Å².